The Morgan fingerprint density at radius 1 is 0.972 bits per heavy atom. The molecule has 1 heterocycles. The molecule has 7 nitrogen and oxygen atoms in total. The van der Waals surface area contributed by atoms with Gasteiger partial charge in [0.05, 0.1) is 22.5 Å². The molecule has 0 spiro atoms. The quantitative estimate of drug-likeness (QED) is 0.351. The van der Waals surface area contributed by atoms with Crippen LogP contribution in [0.15, 0.2) is 36.4 Å². The molecule has 1 fully saturated rings. The highest BCUT2D eigenvalue weighted by atomic mass is 35.5. The molecule has 190 valence electrons. The van der Waals surface area contributed by atoms with Gasteiger partial charge in [-0.25, -0.2) is 4.39 Å². The lowest BCUT2D eigenvalue weighted by Crippen LogP contribution is -2.34. The number of hydrogen-bond donors (Lipinski definition) is 3. The van der Waals surface area contributed by atoms with Gasteiger partial charge in [-0.1, -0.05) is 11.6 Å². The Bertz CT molecular complexity index is 1310. The molecule has 2 amide bonds. The van der Waals surface area contributed by atoms with Gasteiger partial charge in [0.1, 0.15) is 0 Å². The highest BCUT2D eigenvalue weighted by molar-refractivity contribution is 7.20. The summed E-state index contributed by atoms with van der Waals surface area (Å²) in [7, 11) is 0. The van der Waals surface area contributed by atoms with E-state index in [-0.39, 0.29) is 24.7 Å². The molecular formula is C25H23ClF2N2O5S. The highest BCUT2D eigenvalue weighted by Crippen LogP contribution is 2.31. The number of nitrogens with one attached hydrogen (secondary N) is 2. The van der Waals surface area contributed by atoms with Crippen LogP contribution in [-0.4, -0.2) is 42.1 Å². The van der Waals surface area contributed by atoms with Crippen molar-refractivity contribution in [3.05, 3.63) is 63.5 Å². The van der Waals surface area contributed by atoms with E-state index >= 15 is 0 Å². The molecule has 3 N–H and O–H groups in total. The average Bonchev–Trinajstić information content (AvgIpc) is 3.28. The van der Waals surface area contributed by atoms with E-state index in [0.717, 1.165) is 16.2 Å². The number of fused-ring (bicyclic) bond motifs is 1. The number of ether oxygens (including phenoxy) is 1. The zero-order chi connectivity index (χ0) is 25.8. The molecule has 0 saturated heterocycles. The van der Waals surface area contributed by atoms with Crippen molar-refractivity contribution in [3.63, 3.8) is 0 Å². The van der Waals surface area contributed by atoms with E-state index in [1.54, 1.807) is 18.2 Å². The van der Waals surface area contributed by atoms with Gasteiger partial charge in [-0.05, 0) is 67.5 Å². The number of hydrogen-bond acceptors (Lipinski definition) is 5. The lowest BCUT2D eigenvalue weighted by atomic mass is 9.87. The van der Waals surface area contributed by atoms with E-state index in [9.17, 15) is 23.2 Å². The summed E-state index contributed by atoms with van der Waals surface area (Å²) in [5.74, 6) is -5.40. The van der Waals surface area contributed by atoms with Crippen molar-refractivity contribution in [2.24, 2.45) is 5.92 Å². The van der Waals surface area contributed by atoms with E-state index in [4.69, 9.17) is 21.4 Å². The average molecular weight is 537 g/mol. The normalized spacial score (nSPS) is 17.5. The smallest absolute Gasteiger partial charge is 0.306 e. The number of aliphatic carboxylic acids is 1. The monoisotopic (exact) mass is 536 g/mol. The third-order valence-electron chi connectivity index (χ3n) is 6.01. The van der Waals surface area contributed by atoms with Crippen molar-refractivity contribution >= 4 is 50.8 Å². The second-order valence-corrected chi connectivity index (χ2v) is 9.99. The summed E-state index contributed by atoms with van der Waals surface area (Å²) < 4.78 is 35.5. The minimum absolute atomic E-state index is 0.00737. The third-order valence-corrected chi connectivity index (χ3v) is 7.36. The Kier molecular flexibility index (Phi) is 8.05. The number of benzene rings is 2. The van der Waals surface area contributed by atoms with Gasteiger partial charge in [-0.15, -0.1) is 11.3 Å². The second-order valence-electron chi connectivity index (χ2n) is 8.47. The number of carbonyl (C=O) groups is 3. The molecule has 0 unspecified atom stereocenters. The summed E-state index contributed by atoms with van der Waals surface area (Å²) in [4.78, 5) is 36.2. The van der Waals surface area contributed by atoms with E-state index in [1.807, 2.05) is 6.07 Å². The molecule has 36 heavy (non-hydrogen) atoms. The maximum atomic E-state index is 14.6. The number of halogens is 3. The van der Waals surface area contributed by atoms with Gasteiger partial charge in [0.25, 0.3) is 11.8 Å². The molecule has 0 bridgehead atoms. The summed E-state index contributed by atoms with van der Waals surface area (Å²) in [6, 6.07) is 9.37. The summed E-state index contributed by atoms with van der Waals surface area (Å²) in [5.41, 5.74) is -0.484. The molecule has 1 saturated carbocycles. The van der Waals surface area contributed by atoms with Crippen LogP contribution in [0.2, 0.25) is 5.02 Å². The third kappa shape index (κ3) is 5.93. The van der Waals surface area contributed by atoms with Crippen molar-refractivity contribution in [3.8, 4) is 5.75 Å². The number of carbonyl (C=O) groups excluding carboxylic acids is 2. The zero-order valence-electron chi connectivity index (χ0n) is 19.0. The summed E-state index contributed by atoms with van der Waals surface area (Å²) in [6.45, 7) is 0.0946. The predicted molar refractivity (Wildman–Crippen MR) is 132 cm³/mol. The first-order chi connectivity index (χ1) is 17.2. The molecule has 2 aromatic carbocycles. The lowest BCUT2D eigenvalue weighted by Gasteiger charge is -2.27. The molecular weight excluding hydrogens is 514 g/mol. The van der Waals surface area contributed by atoms with Crippen LogP contribution >= 0.6 is 22.9 Å². The molecule has 1 aromatic heterocycles. The Balaban J connectivity index is 1.27. The number of carboxylic acids is 1. The van der Waals surface area contributed by atoms with E-state index < -0.39 is 41.1 Å². The minimum atomic E-state index is -1.34. The largest absolute Gasteiger partial charge is 0.487 e. The van der Waals surface area contributed by atoms with Crippen LogP contribution in [0.3, 0.4) is 0 Å². The molecule has 0 atom stereocenters. The summed E-state index contributed by atoms with van der Waals surface area (Å²) >= 11 is 7.27. The van der Waals surface area contributed by atoms with Crippen molar-refractivity contribution in [1.82, 2.24) is 10.6 Å². The lowest BCUT2D eigenvalue weighted by molar-refractivity contribution is -0.143. The first-order valence-electron chi connectivity index (χ1n) is 11.4. The van der Waals surface area contributed by atoms with Crippen molar-refractivity contribution in [1.29, 1.82) is 0 Å². The Hall–Kier alpha value is -3.24. The molecule has 3 aromatic rings. The number of rotatable bonds is 8. The Morgan fingerprint density at radius 2 is 1.67 bits per heavy atom. The van der Waals surface area contributed by atoms with Gasteiger partial charge in [0, 0.05) is 22.8 Å². The van der Waals surface area contributed by atoms with Gasteiger partial charge in [0.2, 0.25) is 5.82 Å². The first kappa shape index (κ1) is 25.8. The standard InChI is InChI=1S/C25H23ClF2N2O5S/c26-15-3-8-19-14(11-15)12-20(36-19)24(32)30-10-9-29-23(31)17-6-7-18(22(28)21(17)27)35-16-4-1-13(2-5-16)25(33)34/h3,6-8,11-13,16H,1-2,4-5,9-10H2,(H,29,31)(H,30,32)(H,33,34). The van der Waals surface area contributed by atoms with Crippen LogP contribution in [-0.2, 0) is 4.79 Å². The number of thiophene rings is 1. The molecule has 11 heteroatoms. The molecule has 1 aliphatic rings. The Labute approximate surface area is 214 Å². The Morgan fingerprint density at radius 3 is 2.36 bits per heavy atom. The molecule has 4 rings (SSSR count). The van der Waals surface area contributed by atoms with Crippen molar-refractivity contribution < 1.29 is 33.0 Å². The van der Waals surface area contributed by atoms with Crippen molar-refractivity contribution in [2.45, 2.75) is 31.8 Å². The van der Waals surface area contributed by atoms with Crippen LogP contribution in [0, 0.1) is 17.6 Å². The fourth-order valence-electron chi connectivity index (χ4n) is 4.07. The molecule has 0 aliphatic heterocycles. The van der Waals surface area contributed by atoms with Crippen LogP contribution in [0.25, 0.3) is 10.1 Å². The summed E-state index contributed by atoms with van der Waals surface area (Å²) in [6.07, 6.45) is 1.22. The van der Waals surface area contributed by atoms with E-state index in [2.05, 4.69) is 10.6 Å². The van der Waals surface area contributed by atoms with Gasteiger partial charge in [-0.2, -0.15) is 4.39 Å². The van der Waals surface area contributed by atoms with Crippen LogP contribution in [0.1, 0.15) is 45.7 Å². The maximum Gasteiger partial charge on any atom is 0.306 e. The molecule has 1 aliphatic carbocycles. The summed E-state index contributed by atoms with van der Waals surface area (Å²) in [5, 5.41) is 15.6. The van der Waals surface area contributed by atoms with Gasteiger partial charge < -0.3 is 20.5 Å². The predicted octanol–water partition coefficient (Wildman–Crippen LogP) is 5.01. The maximum absolute atomic E-state index is 14.6. The molecule has 0 radical (unpaired) electrons. The second kappa shape index (κ2) is 11.2. The SMILES string of the molecule is O=C(NCCNC(=O)c1ccc(OC2CCC(C(=O)O)CC2)c(F)c1F)c1cc2cc(Cl)ccc2s1. The zero-order valence-corrected chi connectivity index (χ0v) is 20.6. The van der Waals surface area contributed by atoms with Gasteiger partial charge >= 0.3 is 5.97 Å². The fourth-order valence-corrected chi connectivity index (χ4v) is 5.21. The minimum Gasteiger partial charge on any atom is -0.487 e. The van der Waals surface area contributed by atoms with Crippen LogP contribution in [0.4, 0.5) is 8.78 Å². The number of carboxylic acid groups (broad SMARTS) is 1. The van der Waals surface area contributed by atoms with Gasteiger partial charge in [0.15, 0.2) is 11.6 Å². The van der Waals surface area contributed by atoms with Gasteiger partial charge in [-0.3, -0.25) is 14.4 Å². The van der Waals surface area contributed by atoms with E-state index in [1.165, 1.54) is 17.4 Å². The topological polar surface area (TPSA) is 105 Å². The van der Waals surface area contributed by atoms with Crippen LogP contribution in [0.5, 0.6) is 5.75 Å². The number of amides is 2. The fraction of sp³-hybridized carbons (Fsp3) is 0.320. The van der Waals surface area contributed by atoms with Crippen molar-refractivity contribution in [2.75, 3.05) is 13.1 Å². The van der Waals surface area contributed by atoms with E-state index in [0.29, 0.717) is 35.6 Å². The highest BCUT2D eigenvalue weighted by Gasteiger charge is 2.28. The first-order valence-corrected chi connectivity index (χ1v) is 12.6. The van der Waals surface area contributed by atoms with Crippen LogP contribution < -0.4 is 15.4 Å².